The minimum atomic E-state index is 0.257. The van der Waals surface area contributed by atoms with Crippen LogP contribution in [0, 0.1) is 32.1 Å². The van der Waals surface area contributed by atoms with Crippen molar-refractivity contribution in [2.24, 2.45) is 0 Å². The van der Waals surface area contributed by atoms with Crippen LogP contribution in [0.2, 0.25) is 5.15 Å². The van der Waals surface area contributed by atoms with E-state index in [4.69, 9.17) is 11.6 Å². The number of hydrogen-bond donors (Lipinski definition) is 0. The van der Waals surface area contributed by atoms with Gasteiger partial charge < -0.3 is 0 Å². The zero-order valence-corrected chi connectivity index (χ0v) is 11.3. The normalized spacial score (nSPS) is 10.2. The summed E-state index contributed by atoms with van der Waals surface area (Å²) >= 11 is 5.97. The van der Waals surface area contributed by atoms with Gasteiger partial charge in [0.1, 0.15) is 11.2 Å². The summed E-state index contributed by atoms with van der Waals surface area (Å²) in [5.41, 5.74) is 5.90. The fourth-order valence-corrected chi connectivity index (χ4v) is 2.22. The summed E-state index contributed by atoms with van der Waals surface area (Å²) in [7, 11) is 0. The van der Waals surface area contributed by atoms with Crippen molar-refractivity contribution in [2.75, 3.05) is 0 Å². The van der Waals surface area contributed by atoms with Gasteiger partial charge in [0.05, 0.1) is 5.56 Å². The average molecular weight is 257 g/mol. The number of benzene rings is 1. The Morgan fingerprint density at radius 3 is 2.39 bits per heavy atom. The number of nitriles is 1. The van der Waals surface area contributed by atoms with E-state index in [1.165, 1.54) is 11.1 Å². The van der Waals surface area contributed by atoms with Crippen molar-refractivity contribution >= 4 is 11.6 Å². The molecule has 2 rings (SSSR count). The van der Waals surface area contributed by atoms with Gasteiger partial charge in [0.25, 0.3) is 0 Å². The monoisotopic (exact) mass is 256 g/mol. The van der Waals surface area contributed by atoms with Crippen LogP contribution in [0.3, 0.4) is 0 Å². The lowest BCUT2D eigenvalue weighted by Crippen LogP contribution is -1.93. The maximum atomic E-state index is 9.20. The molecule has 0 saturated heterocycles. The number of hydrogen-bond acceptors (Lipinski definition) is 2. The largest absolute Gasteiger partial charge is 0.243 e. The number of nitrogens with zero attached hydrogens (tertiary/aromatic N) is 2. The maximum absolute atomic E-state index is 9.20. The quantitative estimate of drug-likeness (QED) is 0.717. The van der Waals surface area contributed by atoms with Crippen LogP contribution in [0.1, 0.15) is 22.3 Å². The van der Waals surface area contributed by atoms with Gasteiger partial charge in [0.2, 0.25) is 0 Å². The number of halogens is 1. The highest BCUT2D eigenvalue weighted by Gasteiger charge is 2.12. The predicted octanol–water partition coefficient (Wildman–Crippen LogP) is 4.20. The van der Waals surface area contributed by atoms with Gasteiger partial charge in [-0.15, -0.1) is 0 Å². The summed E-state index contributed by atoms with van der Waals surface area (Å²) in [5.74, 6) is 0. The molecule has 0 fully saturated rings. The zero-order valence-electron chi connectivity index (χ0n) is 10.6. The molecule has 0 aliphatic carbocycles. The first-order valence-electron chi connectivity index (χ1n) is 5.67. The molecule has 1 aromatic heterocycles. The Bertz CT molecular complexity index is 654. The molecule has 0 amide bonds. The molecule has 0 N–H and O–H groups in total. The lowest BCUT2D eigenvalue weighted by atomic mass is 9.94. The second-order valence-corrected chi connectivity index (χ2v) is 4.75. The van der Waals surface area contributed by atoms with Crippen molar-refractivity contribution in [2.45, 2.75) is 20.8 Å². The van der Waals surface area contributed by atoms with Crippen molar-refractivity contribution in [1.82, 2.24) is 4.98 Å². The van der Waals surface area contributed by atoms with Crippen LogP contribution in [0.15, 0.2) is 24.4 Å². The fraction of sp³-hybridized carbons (Fsp3) is 0.200. The van der Waals surface area contributed by atoms with Crippen LogP contribution in [0.5, 0.6) is 0 Å². The molecule has 0 aliphatic heterocycles. The smallest absolute Gasteiger partial charge is 0.147 e. The molecule has 90 valence electrons. The van der Waals surface area contributed by atoms with Crippen molar-refractivity contribution in [3.63, 3.8) is 0 Å². The van der Waals surface area contributed by atoms with E-state index in [1.54, 1.807) is 6.20 Å². The van der Waals surface area contributed by atoms with Crippen LogP contribution in [0.4, 0.5) is 0 Å². The minimum Gasteiger partial charge on any atom is -0.243 e. The van der Waals surface area contributed by atoms with Gasteiger partial charge in [0, 0.05) is 11.8 Å². The zero-order chi connectivity index (χ0) is 13.3. The Hall–Kier alpha value is -1.85. The molecule has 1 heterocycles. The second-order valence-electron chi connectivity index (χ2n) is 4.39. The van der Waals surface area contributed by atoms with Crippen LogP contribution in [0.25, 0.3) is 11.1 Å². The number of aryl methyl sites for hydroxylation is 3. The molecular weight excluding hydrogens is 244 g/mol. The molecule has 0 saturated carbocycles. The number of rotatable bonds is 1. The summed E-state index contributed by atoms with van der Waals surface area (Å²) in [4.78, 5) is 3.95. The molecule has 0 unspecified atom stereocenters. The van der Waals surface area contributed by atoms with Gasteiger partial charge in [-0.1, -0.05) is 23.7 Å². The van der Waals surface area contributed by atoms with Crippen molar-refractivity contribution in [3.05, 3.63) is 51.8 Å². The molecule has 0 bridgehead atoms. The van der Waals surface area contributed by atoms with Crippen LogP contribution >= 0.6 is 11.6 Å². The van der Waals surface area contributed by atoms with E-state index in [2.05, 4.69) is 37.0 Å². The van der Waals surface area contributed by atoms with E-state index in [0.29, 0.717) is 5.56 Å². The molecule has 2 nitrogen and oxygen atoms in total. The lowest BCUT2D eigenvalue weighted by Gasteiger charge is -2.11. The predicted molar refractivity (Wildman–Crippen MR) is 73.6 cm³/mol. The summed E-state index contributed by atoms with van der Waals surface area (Å²) in [6, 6.07) is 8.18. The van der Waals surface area contributed by atoms with Crippen LogP contribution < -0.4 is 0 Å². The molecule has 1 aromatic carbocycles. The first-order chi connectivity index (χ1) is 8.54. The van der Waals surface area contributed by atoms with Crippen molar-refractivity contribution in [1.29, 1.82) is 5.26 Å². The Morgan fingerprint density at radius 2 is 1.72 bits per heavy atom. The van der Waals surface area contributed by atoms with E-state index in [0.717, 1.165) is 16.7 Å². The Balaban J connectivity index is 2.74. The Kier molecular flexibility index (Phi) is 3.36. The second kappa shape index (κ2) is 4.80. The molecule has 0 spiro atoms. The summed E-state index contributed by atoms with van der Waals surface area (Å²) in [5, 5.41) is 9.46. The summed E-state index contributed by atoms with van der Waals surface area (Å²) in [6.45, 7) is 6.18. The van der Waals surface area contributed by atoms with Crippen molar-refractivity contribution < 1.29 is 0 Å². The Morgan fingerprint density at radius 1 is 1.06 bits per heavy atom. The molecule has 18 heavy (non-hydrogen) atoms. The topological polar surface area (TPSA) is 36.7 Å². The van der Waals surface area contributed by atoms with Gasteiger partial charge in [-0.25, -0.2) is 4.98 Å². The van der Waals surface area contributed by atoms with Crippen LogP contribution in [-0.2, 0) is 0 Å². The molecular formula is C15H13ClN2. The number of aromatic nitrogens is 1. The highest BCUT2D eigenvalue weighted by atomic mass is 35.5. The third-order valence-electron chi connectivity index (χ3n) is 3.15. The van der Waals surface area contributed by atoms with Gasteiger partial charge in [-0.2, -0.15) is 5.26 Å². The third kappa shape index (κ3) is 2.10. The van der Waals surface area contributed by atoms with Gasteiger partial charge in [-0.3, -0.25) is 0 Å². The fourth-order valence-electron chi connectivity index (χ4n) is 2.02. The maximum Gasteiger partial charge on any atom is 0.147 e. The van der Waals surface area contributed by atoms with E-state index in [-0.39, 0.29) is 5.15 Å². The van der Waals surface area contributed by atoms with E-state index in [9.17, 15) is 5.26 Å². The molecule has 0 aliphatic rings. The minimum absolute atomic E-state index is 0.257. The SMILES string of the molecule is Cc1cc(C)c(-c2ccnc(Cl)c2C#N)cc1C. The van der Waals surface area contributed by atoms with Crippen LogP contribution in [-0.4, -0.2) is 4.98 Å². The molecule has 0 atom stereocenters. The van der Waals surface area contributed by atoms with E-state index < -0.39 is 0 Å². The standard InChI is InChI=1S/C15H13ClN2/c1-9-6-11(3)13(7-10(9)2)12-4-5-18-15(16)14(12)8-17/h4-7H,1-3H3. The van der Waals surface area contributed by atoms with Crippen molar-refractivity contribution in [3.8, 4) is 17.2 Å². The third-order valence-corrected chi connectivity index (χ3v) is 3.43. The molecule has 3 heteroatoms. The lowest BCUT2D eigenvalue weighted by molar-refractivity contribution is 1.27. The van der Waals surface area contributed by atoms with Gasteiger partial charge in [-0.05, 0) is 49.1 Å². The molecule has 0 radical (unpaired) electrons. The number of pyridine rings is 1. The van der Waals surface area contributed by atoms with E-state index in [1.807, 2.05) is 13.0 Å². The first kappa shape index (κ1) is 12.6. The Labute approximate surface area is 112 Å². The summed E-state index contributed by atoms with van der Waals surface area (Å²) in [6.07, 6.45) is 1.63. The average Bonchev–Trinajstić information content (AvgIpc) is 2.33. The first-order valence-corrected chi connectivity index (χ1v) is 6.05. The van der Waals surface area contributed by atoms with E-state index >= 15 is 0 Å². The highest BCUT2D eigenvalue weighted by Crippen LogP contribution is 2.31. The highest BCUT2D eigenvalue weighted by molar-refractivity contribution is 6.31. The summed E-state index contributed by atoms with van der Waals surface area (Å²) < 4.78 is 0. The molecule has 2 aromatic rings. The van der Waals surface area contributed by atoms with Gasteiger partial charge in [0.15, 0.2) is 0 Å². The van der Waals surface area contributed by atoms with Gasteiger partial charge >= 0.3 is 0 Å².